The Labute approximate surface area is 189 Å². The average molecular weight is 476 g/mol. The number of carbonyl (C=O) groups excluding carboxylic acids is 1. The zero-order valence-electron chi connectivity index (χ0n) is 17.0. The highest BCUT2D eigenvalue weighted by Crippen LogP contribution is 2.30. The van der Waals surface area contributed by atoms with Crippen LogP contribution in [0.5, 0.6) is 0 Å². The Kier molecular flexibility index (Phi) is 7.70. The molecule has 11 heteroatoms. The van der Waals surface area contributed by atoms with Gasteiger partial charge in [-0.25, -0.2) is 8.42 Å². The molecule has 0 fully saturated rings. The van der Waals surface area contributed by atoms with Gasteiger partial charge in [0.05, 0.1) is 9.77 Å². The molecule has 0 spiro atoms. The van der Waals surface area contributed by atoms with Crippen LogP contribution in [-0.2, 0) is 19.6 Å². The van der Waals surface area contributed by atoms with Crippen LogP contribution in [-0.4, -0.2) is 50.1 Å². The molecule has 0 saturated carbocycles. The average Bonchev–Trinajstić information content (AvgIpc) is 3.28. The molecule has 2 aromatic heterocycles. The number of benzene rings is 1. The monoisotopic (exact) mass is 475 g/mol. The van der Waals surface area contributed by atoms with Crippen molar-refractivity contribution in [3.63, 3.8) is 0 Å². The molecular formula is C21H21N3O6S2. The van der Waals surface area contributed by atoms with E-state index in [0.717, 1.165) is 10.4 Å². The molecule has 9 nitrogen and oxygen atoms in total. The summed E-state index contributed by atoms with van der Waals surface area (Å²) >= 11 is 1.20. The van der Waals surface area contributed by atoms with E-state index in [0.29, 0.717) is 4.88 Å². The molecule has 1 aromatic carbocycles. The summed E-state index contributed by atoms with van der Waals surface area (Å²) in [7, 11) is -2.50. The number of thiophene rings is 1. The SMILES string of the molecule is COC(c1ccncc1)c1ccc(C(=O)NCC(NS(=O)(=O)c2ccccc2)C(=O)O)s1. The van der Waals surface area contributed by atoms with Gasteiger partial charge in [-0.2, -0.15) is 4.72 Å². The maximum absolute atomic E-state index is 12.5. The summed E-state index contributed by atoms with van der Waals surface area (Å²) in [5.74, 6) is -1.93. The lowest BCUT2D eigenvalue weighted by Crippen LogP contribution is -2.48. The number of carboxylic acid groups (broad SMARTS) is 1. The molecule has 0 radical (unpaired) electrons. The van der Waals surface area contributed by atoms with Crippen LogP contribution in [0.1, 0.15) is 26.2 Å². The number of sulfonamides is 1. The lowest BCUT2D eigenvalue weighted by atomic mass is 10.1. The lowest BCUT2D eigenvalue weighted by molar-refractivity contribution is -0.138. The first-order valence-corrected chi connectivity index (χ1v) is 11.7. The Hall–Kier alpha value is -3.12. The van der Waals surface area contributed by atoms with Gasteiger partial charge in [-0.15, -0.1) is 11.3 Å². The minimum absolute atomic E-state index is 0.0674. The van der Waals surface area contributed by atoms with E-state index in [1.165, 1.54) is 35.6 Å². The van der Waals surface area contributed by atoms with Crippen LogP contribution in [0.4, 0.5) is 0 Å². The van der Waals surface area contributed by atoms with E-state index < -0.39 is 34.5 Å². The van der Waals surface area contributed by atoms with Gasteiger partial charge in [-0.1, -0.05) is 18.2 Å². The first kappa shape index (κ1) is 23.5. The van der Waals surface area contributed by atoms with E-state index in [4.69, 9.17) is 4.74 Å². The van der Waals surface area contributed by atoms with Crippen LogP contribution < -0.4 is 10.0 Å². The highest BCUT2D eigenvalue weighted by Gasteiger charge is 2.26. The van der Waals surface area contributed by atoms with Crippen molar-refractivity contribution in [1.29, 1.82) is 0 Å². The summed E-state index contributed by atoms with van der Waals surface area (Å²) in [4.78, 5) is 29.1. The molecule has 0 bridgehead atoms. The number of ether oxygens (including phenoxy) is 1. The number of aromatic nitrogens is 1. The van der Waals surface area contributed by atoms with Crippen LogP contribution in [0.3, 0.4) is 0 Å². The van der Waals surface area contributed by atoms with Crippen LogP contribution >= 0.6 is 11.3 Å². The summed E-state index contributed by atoms with van der Waals surface area (Å²) in [6.45, 7) is -0.425. The number of hydrogen-bond donors (Lipinski definition) is 3. The molecule has 32 heavy (non-hydrogen) atoms. The predicted octanol–water partition coefficient (Wildman–Crippen LogP) is 2.04. The number of amides is 1. The smallest absolute Gasteiger partial charge is 0.323 e. The fourth-order valence-corrected chi connectivity index (χ4v) is 5.13. The third-order valence-electron chi connectivity index (χ3n) is 4.47. The summed E-state index contributed by atoms with van der Waals surface area (Å²) in [5, 5.41) is 11.9. The standard InChI is InChI=1S/C21H21N3O6S2/c1-30-19(14-9-11-22-12-10-14)17-7-8-18(31-17)20(25)23-13-16(21(26)27)24-32(28,29)15-5-3-2-4-6-15/h2-12,16,19,24H,13H2,1H3,(H,23,25)(H,26,27). The molecule has 1 amide bonds. The largest absolute Gasteiger partial charge is 0.480 e. The van der Waals surface area contributed by atoms with Crippen LogP contribution in [0, 0.1) is 0 Å². The third-order valence-corrected chi connectivity index (χ3v) is 7.08. The fraction of sp³-hybridized carbons (Fsp3) is 0.190. The number of nitrogens with one attached hydrogen (secondary N) is 2. The molecule has 0 aliphatic rings. The summed E-state index contributed by atoms with van der Waals surface area (Å²) < 4.78 is 32.5. The third kappa shape index (κ3) is 5.77. The van der Waals surface area contributed by atoms with Crippen LogP contribution in [0.15, 0.2) is 71.9 Å². The second-order valence-corrected chi connectivity index (χ2v) is 9.46. The summed E-state index contributed by atoms with van der Waals surface area (Å²) in [6, 6.07) is 12.8. The van der Waals surface area contributed by atoms with Gasteiger partial charge in [-0.3, -0.25) is 14.6 Å². The second kappa shape index (κ2) is 10.5. The van der Waals surface area contributed by atoms with Crippen molar-refractivity contribution in [2.45, 2.75) is 17.0 Å². The molecule has 3 N–H and O–H groups in total. The molecule has 0 aliphatic carbocycles. The predicted molar refractivity (Wildman–Crippen MR) is 118 cm³/mol. The number of carbonyl (C=O) groups is 2. The quantitative estimate of drug-likeness (QED) is 0.408. The van der Waals surface area contributed by atoms with Crippen molar-refractivity contribution in [3.05, 3.63) is 82.3 Å². The number of nitrogens with zero attached hydrogens (tertiary/aromatic N) is 1. The summed E-state index contributed by atoms with van der Waals surface area (Å²) in [5.41, 5.74) is 0.873. The molecule has 2 atom stereocenters. The number of aliphatic carboxylic acids is 1. The molecule has 3 aromatic rings. The topological polar surface area (TPSA) is 135 Å². The van der Waals surface area contributed by atoms with Gasteiger partial charge in [0.15, 0.2) is 0 Å². The van der Waals surface area contributed by atoms with Crippen molar-refractivity contribution in [2.24, 2.45) is 0 Å². The van der Waals surface area contributed by atoms with E-state index >= 15 is 0 Å². The van der Waals surface area contributed by atoms with Gasteiger partial charge in [0.25, 0.3) is 5.91 Å². The zero-order chi connectivity index (χ0) is 23.1. The van der Waals surface area contributed by atoms with E-state index in [-0.39, 0.29) is 11.0 Å². The van der Waals surface area contributed by atoms with Crippen molar-refractivity contribution in [1.82, 2.24) is 15.0 Å². The van der Waals surface area contributed by atoms with Gasteiger partial charge < -0.3 is 15.2 Å². The Bertz CT molecular complexity index is 1170. The molecule has 2 heterocycles. The first-order chi connectivity index (χ1) is 15.3. The molecular weight excluding hydrogens is 454 g/mol. The highest BCUT2D eigenvalue weighted by atomic mass is 32.2. The van der Waals surface area contributed by atoms with Crippen molar-refractivity contribution >= 4 is 33.2 Å². The highest BCUT2D eigenvalue weighted by molar-refractivity contribution is 7.89. The Morgan fingerprint density at radius 1 is 1.09 bits per heavy atom. The minimum Gasteiger partial charge on any atom is -0.480 e. The number of methoxy groups -OCH3 is 1. The van der Waals surface area contributed by atoms with Gasteiger partial charge in [0.2, 0.25) is 10.0 Å². The van der Waals surface area contributed by atoms with Crippen molar-refractivity contribution in [2.75, 3.05) is 13.7 Å². The molecule has 0 aliphatic heterocycles. The Balaban J connectivity index is 1.67. The molecule has 0 saturated heterocycles. The van der Waals surface area contributed by atoms with Gasteiger partial charge in [-0.05, 0) is 42.0 Å². The fourth-order valence-electron chi connectivity index (χ4n) is 2.89. The summed E-state index contributed by atoms with van der Waals surface area (Å²) in [6.07, 6.45) is 2.91. The molecule has 2 unspecified atom stereocenters. The second-order valence-electron chi connectivity index (χ2n) is 6.63. The van der Waals surface area contributed by atoms with E-state index in [1.54, 1.807) is 37.7 Å². The number of hydrogen-bond acceptors (Lipinski definition) is 7. The van der Waals surface area contributed by atoms with Crippen LogP contribution in [0.2, 0.25) is 0 Å². The first-order valence-electron chi connectivity index (χ1n) is 9.42. The Morgan fingerprint density at radius 2 is 1.78 bits per heavy atom. The Morgan fingerprint density at radius 3 is 2.41 bits per heavy atom. The van der Waals surface area contributed by atoms with Crippen LogP contribution in [0.25, 0.3) is 0 Å². The number of carboxylic acids is 1. The van der Waals surface area contributed by atoms with Crippen molar-refractivity contribution in [3.8, 4) is 0 Å². The van der Waals surface area contributed by atoms with Gasteiger partial charge in [0.1, 0.15) is 12.1 Å². The maximum Gasteiger partial charge on any atom is 0.323 e. The maximum atomic E-state index is 12.5. The number of pyridine rings is 1. The molecule has 3 rings (SSSR count). The number of rotatable bonds is 10. The van der Waals surface area contributed by atoms with E-state index in [9.17, 15) is 23.1 Å². The minimum atomic E-state index is -4.06. The zero-order valence-corrected chi connectivity index (χ0v) is 18.6. The van der Waals surface area contributed by atoms with E-state index in [2.05, 4.69) is 15.0 Å². The van der Waals surface area contributed by atoms with Gasteiger partial charge >= 0.3 is 5.97 Å². The van der Waals surface area contributed by atoms with E-state index in [1.807, 2.05) is 12.1 Å². The lowest BCUT2D eigenvalue weighted by Gasteiger charge is -2.15. The normalized spacial score (nSPS) is 13.3. The van der Waals surface area contributed by atoms with Gasteiger partial charge in [0, 0.05) is 30.9 Å². The molecule has 168 valence electrons. The van der Waals surface area contributed by atoms with Crippen molar-refractivity contribution < 1.29 is 27.9 Å².